The van der Waals surface area contributed by atoms with Gasteiger partial charge in [-0.2, -0.15) is 0 Å². The third-order valence-electron chi connectivity index (χ3n) is 4.89. The van der Waals surface area contributed by atoms with Gasteiger partial charge in [-0.25, -0.2) is 0 Å². The number of azide groups is 2. The SMILES string of the molecule is [N-]=[N+]=Nc1ccc(CC2CCC(Cc3ccc(N=[N+]=[N-])cc3)C2)cc1. The third-order valence-corrected chi connectivity index (χ3v) is 4.89. The molecular weight excluding hydrogens is 312 g/mol. The summed E-state index contributed by atoms with van der Waals surface area (Å²) in [7, 11) is 0. The van der Waals surface area contributed by atoms with E-state index in [1.165, 1.54) is 30.4 Å². The van der Waals surface area contributed by atoms with Gasteiger partial charge in [0.2, 0.25) is 0 Å². The van der Waals surface area contributed by atoms with E-state index in [2.05, 4.69) is 44.3 Å². The zero-order valence-corrected chi connectivity index (χ0v) is 14.0. The van der Waals surface area contributed by atoms with E-state index in [9.17, 15) is 0 Å². The van der Waals surface area contributed by atoms with Crippen LogP contribution in [0.25, 0.3) is 20.9 Å². The maximum Gasteiger partial charge on any atom is 0.0375 e. The summed E-state index contributed by atoms with van der Waals surface area (Å²) in [6.07, 6.45) is 5.95. The Morgan fingerprint density at radius 1 is 0.720 bits per heavy atom. The Morgan fingerprint density at radius 2 is 1.12 bits per heavy atom. The summed E-state index contributed by atoms with van der Waals surface area (Å²) in [4.78, 5) is 5.61. The molecule has 0 heterocycles. The highest BCUT2D eigenvalue weighted by Gasteiger charge is 2.24. The van der Waals surface area contributed by atoms with Crippen molar-refractivity contribution in [3.8, 4) is 0 Å². The van der Waals surface area contributed by atoms with E-state index in [4.69, 9.17) is 11.1 Å². The standard InChI is InChI=1S/C19H20N6/c20-24-22-18-7-3-14(4-8-18)11-16-1-2-17(13-16)12-15-5-9-19(10-6-15)23-25-21/h3-10,16-17H,1-2,11-13H2. The second kappa shape index (κ2) is 8.25. The van der Waals surface area contributed by atoms with E-state index in [0.29, 0.717) is 11.4 Å². The van der Waals surface area contributed by atoms with Gasteiger partial charge in [-0.05, 0) is 66.1 Å². The van der Waals surface area contributed by atoms with Crippen molar-refractivity contribution in [3.63, 3.8) is 0 Å². The molecule has 0 aliphatic heterocycles. The van der Waals surface area contributed by atoms with Crippen molar-refractivity contribution in [2.45, 2.75) is 32.1 Å². The molecule has 0 saturated heterocycles. The molecule has 25 heavy (non-hydrogen) atoms. The Bertz CT molecular complexity index is 729. The molecule has 1 aliphatic carbocycles. The molecule has 3 rings (SSSR count). The largest absolute Gasteiger partial charge is 0.0608 e. The summed E-state index contributed by atoms with van der Waals surface area (Å²) in [5.74, 6) is 1.44. The van der Waals surface area contributed by atoms with Crippen molar-refractivity contribution in [3.05, 3.63) is 80.5 Å². The molecule has 0 bridgehead atoms. The molecule has 6 heteroatoms. The first-order valence-electron chi connectivity index (χ1n) is 8.55. The summed E-state index contributed by atoms with van der Waals surface area (Å²) in [6.45, 7) is 0. The van der Waals surface area contributed by atoms with Crippen molar-refractivity contribution in [1.29, 1.82) is 0 Å². The third kappa shape index (κ3) is 4.77. The second-order valence-corrected chi connectivity index (χ2v) is 6.67. The summed E-state index contributed by atoms with van der Waals surface area (Å²) in [6, 6.07) is 15.8. The van der Waals surface area contributed by atoms with Gasteiger partial charge in [0.25, 0.3) is 0 Å². The number of benzene rings is 2. The number of hydrogen-bond donors (Lipinski definition) is 0. The molecular formula is C19H20N6. The highest BCUT2D eigenvalue weighted by molar-refractivity contribution is 5.39. The summed E-state index contributed by atoms with van der Waals surface area (Å²) < 4.78 is 0. The first-order chi connectivity index (χ1) is 12.3. The van der Waals surface area contributed by atoms with Gasteiger partial charge in [-0.15, -0.1) is 0 Å². The molecule has 0 aromatic heterocycles. The van der Waals surface area contributed by atoms with Gasteiger partial charge in [0.1, 0.15) is 0 Å². The lowest BCUT2D eigenvalue weighted by molar-refractivity contribution is 0.487. The van der Waals surface area contributed by atoms with Crippen molar-refractivity contribution >= 4 is 11.4 Å². The quantitative estimate of drug-likeness (QED) is 0.317. The summed E-state index contributed by atoms with van der Waals surface area (Å²) in [5.41, 5.74) is 20.8. The highest BCUT2D eigenvalue weighted by atomic mass is 15.1. The predicted octanol–water partition coefficient (Wildman–Crippen LogP) is 6.77. The topological polar surface area (TPSA) is 97.5 Å². The van der Waals surface area contributed by atoms with Crippen LogP contribution in [0.1, 0.15) is 30.4 Å². The molecule has 0 radical (unpaired) electrons. The predicted molar refractivity (Wildman–Crippen MR) is 98.7 cm³/mol. The molecule has 1 fully saturated rings. The lowest BCUT2D eigenvalue weighted by Gasteiger charge is -2.12. The molecule has 2 atom stereocenters. The van der Waals surface area contributed by atoms with Gasteiger partial charge in [0.15, 0.2) is 0 Å². The molecule has 6 nitrogen and oxygen atoms in total. The molecule has 2 aromatic rings. The van der Waals surface area contributed by atoms with Crippen LogP contribution in [-0.4, -0.2) is 0 Å². The van der Waals surface area contributed by atoms with E-state index in [1.54, 1.807) is 0 Å². The normalized spacial score (nSPS) is 19.0. The Morgan fingerprint density at radius 3 is 1.48 bits per heavy atom. The molecule has 1 saturated carbocycles. The van der Waals surface area contributed by atoms with E-state index in [1.807, 2.05) is 24.3 Å². The van der Waals surface area contributed by atoms with Crippen LogP contribution < -0.4 is 0 Å². The lowest BCUT2D eigenvalue weighted by atomic mass is 9.94. The van der Waals surface area contributed by atoms with Gasteiger partial charge in [-0.3, -0.25) is 0 Å². The van der Waals surface area contributed by atoms with Gasteiger partial charge in [0, 0.05) is 21.2 Å². The molecule has 2 aromatic carbocycles. The minimum Gasteiger partial charge on any atom is -0.0608 e. The van der Waals surface area contributed by atoms with Crippen molar-refractivity contribution in [2.75, 3.05) is 0 Å². The first kappa shape index (κ1) is 16.9. The van der Waals surface area contributed by atoms with Crippen LogP contribution in [0.4, 0.5) is 11.4 Å². The fourth-order valence-electron chi connectivity index (χ4n) is 3.72. The summed E-state index contributed by atoms with van der Waals surface area (Å²) in [5, 5.41) is 7.22. The Balaban J connectivity index is 1.52. The maximum absolute atomic E-state index is 8.45. The van der Waals surface area contributed by atoms with E-state index >= 15 is 0 Å². The molecule has 0 spiro atoms. The van der Waals surface area contributed by atoms with Gasteiger partial charge in [0.05, 0.1) is 0 Å². The Kier molecular flexibility index (Phi) is 5.57. The van der Waals surface area contributed by atoms with Crippen molar-refractivity contribution < 1.29 is 0 Å². The number of rotatable bonds is 6. The Hall–Kier alpha value is -2.94. The molecule has 126 valence electrons. The van der Waals surface area contributed by atoms with Crippen molar-refractivity contribution in [2.24, 2.45) is 22.1 Å². The molecule has 0 amide bonds. The number of nitrogens with zero attached hydrogens (tertiary/aromatic N) is 6. The van der Waals surface area contributed by atoms with Crippen LogP contribution in [0.2, 0.25) is 0 Å². The van der Waals surface area contributed by atoms with Crippen LogP contribution in [0.3, 0.4) is 0 Å². The summed E-state index contributed by atoms with van der Waals surface area (Å²) >= 11 is 0. The van der Waals surface area contributed by atoms with Crippen LogP contribution >= 0.6 is 0 Å². The van der Waals surface area contributed by atoms with Gasteiger partial charge < -0.3 is 0 Å². The van der Waals surface area contributed by atoms with E-state index in [-0.39, 0.29) is 0 Å². The molecule has 2 unspecified atom stereocenters. The van der Waals surface area contributed by atoms with E-state index < -0.39 is 0 Å². The lowest BCUT2D eigenvalue weighted by Crippen LogP contribution is -2.03. The molecule has 0 N–H and O–H groups in total. The van der Waals surface area contributed by atoms with Crippen LogP contribution in [0.5, 0.6) is 0 Å². The fourth-order valence-corrected chi connectivity index (χ4v) is 3.72. The zero-order chi connectivity index (χ0) is 17.5. The minimum absolute atomic E-state index is 0.666. The first-order valence-corrected chi connectivity index (χ1v) is 8.55. The van der Waals surface area contributed by atoms with Crippen molar-refractivity contribution in [1.82, 2.24) is 0 Å². The smallest absolute Gasteiger partial charge is 0.0375 e. The van der Waals surface area contributed by atoms with Crippen LogP contribution in [0.15, 0.2) is 58.8 Å². The van der Waals surface area contributed by atoms with Crippen LogP contribution in [0, 0.1) is 11.8 Å². The van der Waals surface area contributed by atoms with Gasteiger partial charge in [-0.1, -0.05) is 58.8 Å². The maximum atomic E-state index is 8.45. The van der Waals surface area contributed by atoms with E-state index in [0.717, 1.165) is 24.7 Å². The van der Waals surface area contributed by atoms with Gasteiger partial charge >= 0.3 is 0 Å². The number of hydrogen-bond acceptors (Lipinski definition) is 2. The monoisotopic (exact) mass is 332 g/mol. The average molecular weight is 332 g/mol. The van der Waals surface area contributed by atoms with Crippen LogP contribution in [-0.2, 0) is 12.8 Å². The minimum atomic E-state index is 0.666. The Labute approximate surface area is 146 Å². The fraction of sp³-hybridized carbons (Fsp3) is 0.368. The molecule has 1 aliphatic rings. The highest BCUT2D eigenvalue weighted by Crippen LogP contribution is 2.35. The zero-order valence-electron chi connectivity index (χ0n) is 14.0. The second-order valence-electron chi connectivity index (χ2n) is 6.67. The average Bonchev–Trinajstić information content (AvgIpc) is 3.06.